The van der Waals surface area contributed by atoms with E-state index in [2.05, 4.69) is 60.0 Å². The van der Waals surface area contributed by atoms with Gasteiger partial charge in [0.15, 0.2) is 0 Å². The Morgan fingerprint density at radius 3 is 2.24 bits per heavy atom. The molecule has 0 unspecified atom stereocenters. The van der Waals surface area contributed by atoms with Crippen LogP contribution in [0.4, 0.5) is 11.4 Å². The first-order valence-corrected chi connectivity index (χ1v) is 12.3. The van der Waals surface area contributed by atoms with Gasteiger partial charge in [-0.15, -0.1) is 0 Å². The minimum Gasteiger partial charge on any atom is -0.489 e. The van der Waals surface area contributed by atoms with E-state index in [1.165, 1.54) is 16.8 Å². The molecule has 0 radical (unpaired) electrons. The second-order valence-corrected chi connectivity index (χ2v) is 9.43. The summed E-state index contributed by atoms with van der Waals surface area (Å²) in [5.74, 6) is 1.05. The highest BCUT2D eigenvalue weighted by Crippen LogP contribution is 2.30. The van der Waals surface area contributed by atoms with E-state index >= 15 is 0 Å². The lowest BCUT2D eigenvalue weighted by Gasteiger charge is -2.37. The zero-order chi connectivity index (χ0) is 23.5. The zero-order valence-corrected chi connectivity index (χ0v) is 20.1. The Bertz CT molecular complexity index is 1130. The van der Waals surface area contributed by atoms with Crippen LogP contribution in [0, 0.1) is 0 Å². The van der Waals surface area contributed by atoms with Crippen LogP contribution in [-0.4, -0.2) is 49.6 Å². The predicted octanol–water partition coefficient (Wildman–Crippen LogP) is 5.00. The molecule has 2 heterocycles. The standard InChI is InChI=1S/C29H33N3O2/c1-22(2)34-28-10-6-5-9-27(28)31-19-17-30(18-20-31)21-23-11-13-25(14-12-23)29(33)32-16-15-24-7-3-4-8-26(24)32/h3-14,22H,15-21H2,1-2H3. The topological polar surface area (TPSA) is 36.0 Å². The summed E-state index contributed by atoms with van der Waals surface area (Å²) < 4.78 is 6.02. The van der Waals surface area contributed by atoms with Gasteiger partial charge in [-0.3, -0.25) is 9.69 Å². The number of ether oxygens (including phenoxy) is 1. The zero-order valence-electron chi connectivity index (χ0n) is 20.1. The smallest absolute Gasteiger partial charge is 0.258 e. The van der Waals surface area contributed by atoms with Crippen LogP contribution >= 0.6 is 0 Å². The van der Waals surface area contributed by atoms with Crippen molar-refractivity contribution in [1.82, 2.24) is 4.90 Å². The van der Waals surface area contributed by atoms with Crippen molar-refractivity contribution in [2.75, 3.05) is 42.5 Å². The number of rotatable bonds is 6. The number of para-hydroxylation sites is 3. The SMILES string of the molecule is CC(C)Oc1ccccc1N1CCN(Cc2ccc(C(=O)N3CCc4ccccc43)cc2)CC1. The van der Waals surface area contributed by atoms with Crippen LogP contribution < -0.4 is 14.5 Å². The number of hydrogen-bond donors (Lipinski definition) is 0. The average Bonchev–Trinajstić information content (AvgIpc) is 3.29. The van der Waals surface area contributed by atoms with Gasteiger partial charge in [0.05, 0.1) is 11.8 Å². The summed E-state index contributed by atoms with van der Waals surface area (Å²) in [4.78, 5) is 19.9. The van der Waals surface area contributed by atoms with Gasteiger partial charge in [-0.25, -0.2) is 0 Å². The van der Waals surface area contributed by atoms with E-state index in [0.29, 0.717) is 0 Å². The molecule has 1 saturated heterocycles. The lowest BCUT2D eigenvalue weighted by molar-refractivity contribution is 0.0989. The molecular formula is C29H33N3O2. The summed E-state index contributed by atoms with van der Waals surface area (Å²) in [7, 11) is 0. The van der Waals surface area contributed by atoms with Crippen LogP contribution in [-0.2, 0) is 13.0 Å². The molecular weight excluding hydrogens is 422 g/mol. The van der Waals surface area contributed by atoms with Gasteiger partial charge in [0.2, 0.25) is 0 Å². The van der Waals surface area contributed by atoms with Crippen LogP contribution in [0.5, 0.6) is 5.75 Å². The number of nitrogens with zero attached hydrogens (tertiary/aromatic N) is 3. The molecule has 2 aliphatic heterocycles. The fourth-order valence-corrected chi connectivity index (χ4v) is 4.93. The van der Waals surface area contributed by atoms with E-state index < -0.39 is 0 Å². The number of amides is 1. The molecule has 3 aromatic carbocycles. The molecule has 5 rings (SSSR count). The molecule has 0 atom stereocenters. The van der Waals surface area contributed by atoms with Crippen molar-refractivity contribution in [2.24, 2.45) is 0 Å². The Kier molecular flexibility index (Phi) is 6.54. The highest BCUT2D eigenvalue weighted by atomic mass is 16.5. The van der Waals surface area contributed by atoms with Crippen molar-refractivity contribution in [2.45, 2.75) is 32.9 Å². The Labute approximate surface area is 202 Å². The lowest BCUT2D eigenvalue weighted by Crippen LogP contribution is -2.46. The van der Waals surface area contributed by atoms with Gasteiger partial charge in [-0.05, 0) is 61.7 Å². The minimum absolute atomic E-state index is 0.0902. The molecule has 5 heteroatoms. The van der Waals surface area contributed by atoms with Crippen LogP contribution in [0.15, 0.2) is 72.8 Å². The summed E-state index contributed by atoms with van der Waals surface area (Å²) in [6, 6.07) is 24.7. The average molecular weight is 456 g/mol. The molecule has 3 aromatic rings. The minimum atomic E-state index is 0.0902. The molecule has 2 aliphatic rings. The van der Waals surface area contributed by atoms with Crippen molar-refractivity contribution < 1.29 is 9.53 Å². The number of carbonyl (C=O) groups is 1. The third-order valence-corrected chi connectivity index (χ3v) is 6.68. The van der Waals surface area contributed by atoms with E-state index in [-0.39, 0.29) is 12.0 Å². The van der Waals surface area contributed by atoms with Crippen LogP contribution in [0.2, 0.25) is 0 Å². The molecule has 0 spiro atoms. The van der Waals surface area contributed by atoms with E-state index in [1.54, 1.807) is 0 Å². The molecule has 34 heavy (non-hydrogen) atoms. The van der Waals surface area contributed by atoms with Crippen molar-refractivity contribution in [3.63, 3.8) is 0 Å². The number of benzene rings is 3. The second kappa shape index (κ2) is 9.90. The molecule has 0 bridgehead atoms. The second-order valence-electron chi connectivity index (χ2n) is 9.43. The summed E-state index contributed by atoms with van der Waals surface area (Å²) in [5, 5.41) is 0. The van der Waals surface area contributed by atoms with Crippen LogP contribution in [0.3, 0.4) is 0 Å². The number of hydrogen-bond acceptors (Lipinski definition) is 4. The summed E-state index contributed by atoms with van der Waals surface area (Å²) in [6.07, 6.45) is 1.09. The van der Waals surface area contributed by atoms with Crippen molar-refractivity contribution in [3.8, 4) is 5.75 Å². The molecule has 1 fully saturated rings. The number of fused-ring (bicyclic) bond motifs is 1. The third kappa shape index (κ3) is 4.80. The first kappa shape index (κ1) is 22.5. The quantitative estimate of drug-likeness (QED) is 0.524. The highest BCUT2D eigenvalue weighted by Gasteiger charge is 2.25. The van der Waals surface area contributed by atoms with Gasteiger partial charge in [0.1, 0.15) is 5.75 Å². The fourth-order valence-electron chi connectivity index (χ4n) is 4.93. The Morgan fingerprint density at radius 1 is 0.824 bits per heavy atom. The molecule has 0 N–H and O–H groups in total. The molecule has 5 nitrogen and oxygen atoms in total. The highest BCUT2D eigenvalue weighted by molar-refractivity contribution is 6.07. The predicted molar refractivity (Wildman–Crippen MR) is 138 cm³/mol. The first-order chi connectivity index (χ1) is 16.6. The molecule has 0 aromatic heterocycles. The maximum absolute atomic E-state index is 13.1. The summed E-state index contributed by atoms with van der Waals surface area (Å²) in [6.45, 7) is 9.75. The largest absolute Gasteiger partial charge is 0.489 e. The number of piperazine rings is 1. The maximum Gasteiger partial charge on any atom is 0.258 e. The fraction of sp³-hybridized carbons (Fsp3) is 0.345. The van der Waals surface area contributed by atoms with Crippen LogP contribution in [0.1, 0.15) is 35.3 Å². The van der Waals surface area contributed by atoms with Gasteiger partial charge < -0.3 is 14.5 Å². The van der Waals surface area contributed by atoms with E-state index in [0.717, 1.165) is 62.7 Å². The first-order valence-electron chi connectivity index (χ1n) is 12.3. The Balaban J connectivity index is 1.18. The number of carbonyl (C=O) groups excluding carboxylic acids is 1. The Morgan fingerprint density at radius 2 is 1.50 bits per heavy atom. The van der Waals surface area contributed by atoms with Crippen molar-refractivity contribution in [1.29, 1.82) is 0 Å². The summed E-state index contributed by atoms with van der Waals surface area (Å²) >= 11 is 0. The van der Waals surface area contributed by atoms with Gasteiger partial charge >= 0.3 is 0 Å². The van der Waals surface area contributed by atoms with E-state index in [4.69, 9.17) is 4.74 Å². The molecule has 0 aliphatic carbocycles. The molecule has 0 saturated carbocycles. The molecule has 176 valence electrons. The molecule has 1 amide bonds. The monoisotopic (exact) mass is 455 g/mol. The number of anilines is 2. The maximum atomic E-state index is 13.1. The van der Waals surface area contributed by atoms with Gasteiger partial charge in [-0.1, -0.05) is 42.5 Å². The van der Waals surface area contributed by atoms with E-state index in [1.807, 2.05) is 41.3 Å². The summed E-state index contributed by atoms with van der Waals surface area (Å²) in [5.41, 5.74) is 5.49. The van der Waals surface area contributed by atoms with Gasteiger partial charge in [-0.2, -0.15) is 0 Å². The van der Waals surface area contributed by atoms with Crippen molar-refractivity contribution >= 4 is 17.3 Å². The normalized spacial score (nSPS) is 16.1. The lowest BCUT2D eigenvalue weighted by atomic mass is 10.1. The van der Waals surface area contributed by atoms with Crippen molar-refractivity contribution in [3.05, 3.63) is 89.5 Å². The van der Waals surface area contributed by atoms with Gasteiger partial charge in [0.25, 0.3) is 5.91 Å². The van der Waals surface area contributed by atoms with E-state index in [9.17, 15) is 4.79 Å². The van der Waals surface area contributed by atoms with Crippen LogP contribution in [0.25, 0.3) is 0 Å². The Hall–Kier alpha value is -3.31. The van der Waals surface area contributed by atoms with Gasteiger partial charge in [0, 0.05) is 50.5 Å². The third-order valence-electron chi connectivity index (χ3n) is 6.68.